The van der Waals surface area contributed by atoms with Crippen LogP contribution in [0.2, 0.25) is 0 Å². The minimum Gasteiger partial charge on any atom is -0.484 e. The lowest BCUT2D eigenvalue weighted by Gasteiger charge is -2.21. The highest BCUT2D eigenvalue weighted by atomic mass is 16.5. The van der Waals surface area contributed by atoms with Crippen LogP contribution in [0.4, 0.5) is 9.59 Å². The van der Waals surface area contributed by atoms with Crippen molar-refractivity contribution in [2.24, 2.45) is 5.92 Å². The number of hydrogen-bond acceptors (Lipinski definition) is 8. The summed E-state index contributed by atoms with van der Waals surface area (Å²) in [6.07, 6.45) is 0.559. The van der Waals surface area contributed by atoms with E-state index in [2.05, 4.69) is 15.4 Å². The molecular formula is C23H34N4O8. The summed E-state index contributed by atoms with van der Waals surface area (Å²) in [6.45, 7) is 3.62. The molecule has 0 aliphatic rings. The van der Waals surface area contributed by atoms with E-state index in [-0.39, 0.29) is 24.5 Å². The molecule has 0 unspecified atom stereocenters. The smallest absolute Gasteiger partial charge is 0.416 e. The molecule has 0 radical (unpaired) electrons. The van der Waals surface area contributed by atoms with Gasteiger partial charge in [0.25, 0.3) is 11.8 Å². The van der Waals surface area contributed by atoms with E-state index in [9.17, 15) is 29.2 Å². The molecule has 35 heavy (non-hydrogen) atoms. The topological polar surface area (TPSA) is 155 Å². The van der Waals surface area contributed by atoms with Crippen molar-refractivity contribution >= 4 is 29.8 Å². The first-order chi connectivity index (χ1) is 16.5. The van der Waals surface area contributed by atoms with Crippen LogP contribution in [-0.2, 0) is 25.5 Å². The van der Waals surface area contributed by atoms with Gasteiger partial charge < -0.3 is 20.1 Å². The minimum atomic E-state index is -1.10. The van der Waals surface area contributed by atoms with E-state index < -0.39 is 35.9 Å². The van der Waals surface area contributed by atoms with Gasteiger partial charge in [0.2, 0.25) is 5.91 Å². The zero-order valence-electron chi connectivity index (χ0n) is 20.7. The Hall–Kier alpha value is -3.67. The van der Waals surface area contributed by atoms with Crippen molar-refractivity contribution in [3.8, 4) is 5.75 Å². The highest BCUT2D eigenvalue weighted by Crippen LogP contribution is 2.14. The summed E-state index contributed by atoms with van der Waals surface area (Å²) in [4.78, 5) is 60.6. The summed E-state index contributed by atoms with van der Waals surface area (Å²) in [5.41, 5.74) is 0.636. The van der Waals surface area contributed by atoms with Gasteiger partial charge in [0, 0.05) is 26.9 Å². The summed E-state index contributed by atoms with van der Waals surface area (Å²) < 4.78 is 9.81. The Labute approximate surface area is 204 Å². The van der Waals surface area contributed by atoms with Crippen molar-refractivity contribution in [2.45, 2.75) is 45.6 Å². The number of carbonyl (C=O) groups is 5. The highest BCUT2D eigenvalue weighted by molar-refractivity contribution is 5.95. The van der Waals surface area contributed by atoms with Gasteiger partial charge in [-0.25, -0.2) is 14.5 Å². The second-order valence-corrected chi connectivity index (χ2v) is 8.17. The molecule has 0 saturated carbocycles. The molecule has 0 fully saturated rings. The molecule has 0 aliphatic heterocycles. The standard InChI is InChI=1S/C23H34N4O8/c1-15(2)7-6-8-19(28)27(33)22(31)25-18(21(30)24-3)13-16-9-11-17(12-10-16)35-14-20(29)26(4)23(32)34-5/h9-12,15,18,33H,6-8,13-14H2,1-5H3,(H,24,30)(H,25,31)/t18-/m0/s1. The van der Waals surface area contributed by atoms with Crippen molar-refractivity contribution in [3.63, 3.8) is 0 Å². The molecule has 3 N–H and O–H groups in total. The molecule has 0 aliphatic carbocycles. The molecule has 0 bridgehead atoms. The molecule has 0 heterocycles. The number of benzene rings is 1. The molecule has 1 rings (SSSR count). The average molecular weight is 495 g/mol. The second kappa shape index (κ2) is 14.6. The number of rotatable bonds is 11. The van der Waals surface area contributed by atoms with Gasteiger partial charge >= 0.3 is 12.1 Å². The lowest BCUT2D eigenvalue weighted by molar-refractivity contribution is -0.153. The lowest BCUT2D eigenvalue weighted by atomic mass is 10.1. The van der Waals surface area contributed by atoms with Crippen LogP contribution in [0.25, 0.3) is 0 Å². The Morgan fingerprint density at radius 3 is 2.23 bits per heavy atom. The van der Waals surface area contributed by atoms with Crippen molar-refractivity contribution in [1.82, 2.24) is 20.6 Å². The zero-order valence-corrected chi connectivity index (χ0v) is 20.7. The maximum atomic E-state index is 12.3. The van der Waals surface area contributed by atoms with E-state index in [1.54, 1.807) is 24.3 Å². The Kier molecular flexibility index (Phi) is 12.2. The fraction of sp³-hybridized carbons (Fsp3) is 0.522. The van der Waals surface area contributed by atoms with Crippen molar-refractivity contribution in [1.29, 1.82) is 0 Å². The van der Waals surface area contributed by atoms with E-state index in [1.807, 2.05) is 13.8 Å². The second-order valence-electron chi connectivity index (χ2n) is 8.17. The van der Waals surface area contributed by atoms with Gasteiger partial charge in [-0.15, -0.1) is 5.06 Å². The molecule has 6 amide bonds. The molecule has 0 aromatic heterocycles. The maximum Gasteiger partial charge on any atom is 0.416 e. The summed E-state index contributed by atoms with van der Waals surface area (Å²) in [7, 11) is 3.82. The number of carbonyl (C=O) groups excluding carboxylic acids is 5. The van der Waals surface area contributed by atoms with Crippen LogP contribution in [0.5, 0.6) is 5.75 Å². The van der Waals surface area contributed by atoms with Crippen molar-refractivity contribution < 1.29 is 38.7 Å². The molecule has 1 aromatic rings. The fourth-order valence-electron chi connectivity index (χ4n) is 2.91. The SMILES string of the molecule is CNC(=O)[C@H](Cc1ccc(OCC(=O)N(C)C(=O)OC)cc1)NC(=O)N(O)C(=O)CCCC(C)C. The van der Waals surface area contributed by atoms with Gasteiger partial charge in [-0.2, -0.15) is 0 Å². The first kappa shape index (κ1) is 29.4. The minimum absolute atomic E-state index is 0.00441. The number of imide groups is 2. The first-order valence-electron chi connectivity index (χ1n) is 11.1. The number of nitrogens with zero attached hydrogens (tertiary/aromatic N) is 2. The Bertz CT molecular complexity index is 888. The summed E-state index contributed by atoms with van der Waals surface area (Å²) in [6, 6.07) is 4.20. The third kappa shape index (κ3) is 10.0. The van der Waals surface area contributed by atoms with Gasteiger partial charge in [0.15, 0.2) is 6.61 Å². The zero-order chi connectivity index (χ0) is 26.5. The average Bonchev–Trinajstić information content (AvgIpc) is 2.85. The van der Waals surface area contributed by atoms with Crippen LogP contribution in [0, 0.1) is 5.92 Å². The van der Waals surface area contributed by atoms with Gasteiger partial charge in [0.1, 0.15) is 11.8 Å². The van der Waals surface area contributed by atoms with Gasteiger partial charge in [-0.1, -0.05) is 32.4 Å². The molecule has 12 heteroatoms. The largest absolute Gasteiger partial charge is 0.484 e. The molecular weight excluding hydrogens is 460 g/mol. The van der Waals surface area contributed by atoms with Crippen molar-refractivity contribution in [2.75, 3.05) is 27.8 Å². The fourth-order valence-corrected chi connectivity index (χ4v) is 2.91. The van der Waals surface area contributed by atoms with Crippen LogP contribution in [-0.4, -0.2) is 78.9 Å². The maximum absolute atomic E-state index is 12.3. The third-order valence-electron chi connectivity index (χ3n) is 5.01. The van der Waals surface area contributed by atoms with Crippen LogP contribution >= 0.6 is 0 Å². The van der Waals surface area contributed by atoms with Gasteiger partial charge in [0.05, 0.1) is 7.11 Å². The van der Waals surface area contributed by atoms with Gasteiger partial charge in [-0.3, -0.25) is 19.6 Å². The van der Waals surface area contributed by atoms with E-state index in [4.69, 9.17) is 4.74 Å². The number of urea groups is 1. The summed E-state index contributed by atoms with van der Waals surface area (Å²) >= 11 is 0. The predicted molar refractivity (Wildman–Crippen MR) is 125 cm³/mol. The highest BCUT2D eigenvalue weighted by Gasteiger charge is 2.26. The van der Waals surface area contributed by atoms with Gasteiger partial charge in [-0.05, 0) is 30.0 Å². The Balaban J connectivity index is 2.71. The van der Waals surface area contributed by atoms with E-state index >= 15 is 0 Å². The quantitative estimate of drug-likeness (QED) is 0.310. The lowest BCUT2D eigenvalue weighted by Crippen LogP contribution is -2.52. The number of hydrogen-bond donors (Lipinski definition) is 3. The Morgan fingerprint density at radius 2 is 1.69 bits per heavy atom. The Morgan fingerprint density at radius 1 is 1.06 bits per heavy atom. The monoisotopic (exact) mass is 494 g/mol. The van der Waals surface area contributed by atoms with Crippen LogP contribution in [0.15, 0.2) is 24.3 Å². The predicted octanol–water partition coefficient (Wildman–Crippen LogP) is 1.70. The number of nitrogens with one attached hydrogen (secondary N) is 2. The summed E-state index contributed by atoms with van der Waals surface area (Å²) in [5, 5.41) is 14.7. The molecule has 0 saturated heterocycles. The summed E-state index contributed by atoms with van der Waals surface area (Å²) in [5.74, 6) is -1.14. The molecule has 1 atom stereocenters. The normalized spacial score (nSPS) is 11.3. The first-order valence-corrected chi connectivity index (χ1v) is 11.1. The van der Waals surface area contributed by atoms with Crippen LogP contribution in [0.3, 0.4) is 0 Å². The molecule has 194 valence electrons. The molecule has 0 spiro atoms. The van der Waals surface area contributed by atoms with Crippen LogP contribution < -0.4 is 15.4 Å². The number of hydroxylamine groups is 2. The number of amides is 6. The van der Waals surface area contributed by atoms with E-state index in [0.29, 0.717) is 23.7 Å². The van der Waals surface area contributed by atoms with Crippen LogP contribution in [0.1, 0.15) is 38.7 Å². The van der Waals surface area contributed by atoms with Crippen molar-refractivity contribution in [3.05, 3.63) is 29.8 Å². The number of likely N-dealkylation sites (N-methyl/N-ethyl adjacent to an activating group) is 2. The molecule has 1 aromatic carbocycles. The number of methoxy groups -OCH3 is 1. The third-order valence-corrected chi connectivity index (χ3v) is 5.01. The number of ether oxygens (including phenoxy) is 2. The van der Waals surface area contributed by atoms with E-state index in [0.717, 1.165) is 18.4 Å². The van der Waals surface area contributed by atoms with E-state index in [1.165, 1.54) is 14.1 Å². The molecule has 12 nitrogen and oxygen atoms in total.